The van der Waals surface area contributed by atoms with Crippen LogP contribution in [0.5, 0.6) is 5.88 Å². The summed E-state index contributed by atoms with van der Waals surface area (Å²) in [6, 6.07) is 15.6. The lowest BCUT2D eigenvalue weighted by Crippen LogP contribution is -2.32. The molecule has 1 saturated heterocycles. The van der Waals surface area contributed by atoms with Crippen LogP contribution in [0.3, 0.4) is 0 Å². The zero-order valence-electron chi connectivity index (χ0n) is 24.4. The number of halogens is 2. The monoisotopic (exact) mass is 617 g/mol. The molecule has 1 aliphatic carbocycles. The Bertz CT molecular complexity index is 1820. The second-order valence-corrected chi connectivity index (χ2v) is 12.1. The van der Waals surface area contributed by atoms with Gasteiger partial charge in [-0.1, -0.05) is 23.7 Å². The number of aromatic nitrogens is 3. The van der Waals surface area contributed by atoms with E-state index < -0.39 is 6.01 Å². The maximum absolute atomic E-state index is 13.7. The Morgan fingerprint density at radius 3 is 2.68 bits per heavy atom. The zero-order chi connectivity index (χ0) is 30.2. The molecule has 10 heteroatoms. The van der Waals surface area contributed by atoms with Crippen LogP contribution < -0.4 is 4.74 Å². The molecule has 0 bridgehead atoms. The molecule has 2 fully saturated rings. The number of esters is 1. The molecule has 44 heavy (non-hydrogen) atoms. The van der Waals surface area contributed by atoms with E-state index in [0.29, 0.717) is 44.8 Å². The molecule has 0 spiro atoms. The summed E-state index contributed by atoms with van der Waals surface area (Å²) < 4.78 is 37.9. The van der Waals surface area contributed by atoms with Gasteiger partial charge in [0, 0.05) is 47.7 Å². The Morgan fingerprint density at radius 2 is 1.91 bits per heavy atom. The number of methoxy groups -OCH3 is 1. The topological polar surface area (TPSA) is 88.6 Å². The molecular formula is C34H33ClFN3O5. The number of hydrogen-bond donors (Lipinski definition) is 0. The lowest BCUT2D eigenvalue weighted by atomic mass is 9.79. The second-order valence-electron chi connectivity index (χ2n) is 11.7. The van der Waals surface area contributed by atoms with Gasteiger partial charge in [-0.3, -0.25) is 0 Å². The summed E-state index contributed by atoms with van der Waals surface area (Å²) in [4.78, 5) is 22.0. The van der Waals surface area contributed by atoms with Gasteiger partial charge in [-0.25, -0.2) is 14.8 Å². The summed E-state index contributed by atoms with van der Waals surface area (Å²) in [5, 5.41) is 0.964. The van der Waals surface area contributed by atoms with Crippen molar-refractivity contribution in [2.45, 2.75) is 63.7 Å². The van der Waals surface area contributed by atoms with E-state index in [1.807, 2.05) is 24.3 Å². The van der Waals surface area contributed by atoms with Gasteiger partial charge in [0.2, 0.25) is 5.88 Å². The Morgan fingerprint density at radius 1 is 1.07 bits per heavy atom. The largest absolute Gasteiger partial charge is 0.473 e. The second kappa shape index (κ2) is 12.2. The van der Waals surface area contributed by atoms with E-state index in [1.54, 1.807) is 18.2 Å². The summed E-state index contributed by atoms with van der Waals surface area (Å²) in [6.45, 7) is 1.72. The molecule has 8 nitrogen and oxygen atoms in total. The van der Waals surface area contributed by atoms with Crippen molar-refractivity contribution in [2.75, 3.05) is 13.7 Å². The highest BCUT2D eigenvalue weighted by Crippen LogP contribution is 2.38. The summed E-state index contributed by atoms with van der Waals surface area (Å²) in [5.74, 6) is 2.07. The SMILES string of the molecule is COC(=O)c1ccc2nc(CC3CCC(c4cccc(OCc5ccc(Cl)c6cc(F)oc56)n4)CC3)n(C[C@@H]3CCO3)c2c1. The number of ether oxygens (including phenoxy) is 3. The van der Waals surface area contributed by atoms with Crippen LogP contribution in [0.15, 0.2) is 59.0 Å². The number of furan rings is 1. The van der Waals surface area contributed by atoms with Gasteiger partial charge in [0.25, 0.3) is 6.01 Å². The van der Waals surface area contributed by atoms with Crippen LogP contribution in [0.2, 0.25) is 5.02 Å². The van der Waals surface area contributed by atoms with Gasteiger partial charge in [0.15, 0.2) is 0 Å². The van der Waals surface area contributed by atoms with Crippen molar-refractivity contribution >= 4 is 39.6 Å². The van der Waals surface area contributed by atoms with Crippen LogP contribution in [-0.4, -0.2) is 40.3 Å². The highest BCUT2D eigenvalue weighted by Gasteiger charge is 2.27. The number of rotatable bonds is 9. The van der Waals surface area contributed by atoms with Gasteiger partial charge in [-0.15, -0.1) is 0 Å². The first-order chi connectivity index (χ1) is 21.4. The van der Waals surface area contributed by atoms with Crippen LogP contribution in [-0.2, 0) is 29.0 Å². The fraction of sp³-hybridized carbons (Fsp3) is 0.382. The molecule has 0 N–H and O–H groups in total. The Balaban J connectivity index is 1.01. The van der Waals surface area contributed by atoms with E-state index >= 15 is 0 Å². The van der Waals surface area contributed by atoms with Crippen molar-refractivity contribution in [2.24, 2.45) is 5.92 Å². The van der Waals surface area contributed by atoms with Crippen LogP contribution >= 0.6 is 11.6 Å². The predicted octanol–water partition coefficient (Wildman–Crippen LogP) is 7.64. The quantitative estimate of drug-likeness (QED) is 0.157. The molecule has 2 aliphatic rings. The third-order valence-corrected chi connectivity index (χ3v) is 9.30. The van der Waals surface area contributed by atoms with E-state index in [9.17, 15) is 9.18 Å². The molecule has 228 valence electrons. The summed E-state index contributed by atoms with van der Waals surface area (Å²) in [5.41, 5.74) is 4.48. The van der Waals surface area contributed by atoms with E-state index in [-0.39, 0.29) is 18.7 Å². The number of carbonyl (C=O) groups excluding carboxylic acids is 1. The molecule has 3 aromatic heterocycles. The van der Waals surface area contributed by atoms with Crippen molar-refractivity contribution in [3.63, 3.8) is 0 Å². The van der Waals surface area contributed by atoms with Gasteiger partial charge >= 0.3 is 5.97 Å². The average Bonchev–Trinajstić information content (AvgIpc) is 3.58. The number of pyridine rings is 1. The van der Waals surface area contributed by atoms with Gasteiger partial charge in [0.05, 0.1) is 41.4 Å². The van der Waals surface area contributed by atoms with Crippen LogP contribution in [0.25, 0.3) is 22.0 Å². The van der Waals surface area contributed by atoms with Gasteiger partial charge in [-0.05, 0) is 68.4 Å². The fourth-order valence-corrected chi connectivity index (χ4v) is 6.65. The molecule has 5 aromatic rings. The number of hydrogen-bond acceptors (Lipinski definition) is 7. The first kappa shape index (κ1) is 28.8. The Kier molecular flexibility index (Phi) is 7.99. The summed E-state index contributed by atoms with van der Waals surface area (Å²) >= 11 is 6.19. The molecular weight excluding hydrogens is 585 g/mol. The van der Waals surface area contributed by atoms with E-state index in [2.05, 4.69) is 10.6 Å². The fourth-order valence-electron chi connectivity index (χ4n) is 6.45. The van der Waals surface area contributed by atoms with E-state index in [0.717, 1.165) is 74.2 Å². The lowest BCUT2D eigenvalue weighted by molar-refractivity contribution is -0.0590. The molecule has 4 heterocycles. The first-order valence-corrected chi connectivity index (χ1v) is 15.5. The minimum Gasteiger partial charge on any atom is -0.473 e. The molecule has 0 radical (unpaired) electrons. The normalized spacial score (nSPS) is 20.1. The molecule has 7 rings (SSSR count). The number of fused-ring (bicyclic) bond motifs is 2. The summed E-state index contributed by atoms with van der Waals surface area (Å²) in [6.07, 6.45) is 6.28. The minimum atomic E-state index is -0.678. The van der Waals surface area contributed by atoms with E-state index in [1.165, 1.54) is 13.2 Å². The van der Waals surface area contributed by atoms with Crippen LogP contribution in [0.1, 0.15) is 65.5 Å². The maximum Gasteiger partial charge on any atom is 0.337 e. The molecule has 0 unspecified atom stereocenters. The standard InChI is InChI=1S/C34H33ClFN3O5/c1-41-34(40)22-10-12-28-29(16-22)39(18-24-13-14-42-24)31(37-28)15-20-5-7-21(8-6-20)27-3-2-4-32(38-27)43-19-23-9-11-26(35)25-17-30(36)44-33(23)25/h2-4,9-12,16-17,20-21,24H,5-8,13-15,18-19H2,1H3/t20?,21?,24-/m0/s1. The maximum atomic E-state index is 13.7. The predicted molar refractivity (Wildman–Crippen MR) is 164 cm³/mol. The summed E-state index contributed by atoms with van der Waals surface area (Å²) in [7, 11) is 1.40. The van der Waals surface area contributed by atoms with Gasteiger partial charge < -0.3 is 23.2 Å². The number of carbonyl (C=O) groups is 1. The third-order valence-electron chi connectivity index (χ3n) is 8.97. The minimum absolute atomic E-state index is 0.176. The zero-order valence-corrected chi connectivity index (χ0v) is 25.2. The number of nitrogens with zero attached hydrogens (tertiary/aromatic N) is 3. The highest BCUT2D eigenvalue weighted by atomic mass is 35.5. The van der Waals surface area contributed by atoms with Gasteiger partial charge in [-0.2, -0.15) is 4.39 Å². The Hall–Kier alpha value is -3.95. The third kappa shape index (κ3) is 5.78. The lowest BCUT2D eigenvalue weighted by Gasteiger charge is -2.30. The van der Waals surface area contributed by atoms with Crippen LogP contribution in [0, 0.1) is 11.9 Å². The molecule has 1 atom stereocenters. The van der Waals surface area contributed by atoms with Crippen molar-refractivity contribution < 1.29 is 27.8 Å². The van der Waals surface area contributed by atoms with Crippen molar-refractivity contribution in [3.05, 3.63) is 88.3 Å². The smallest absolute Gasteiger partial charge is 0.337 e. The first-order valence-electron chi connectivity index (χ1n) is 15.1. The van der Waals surface area contributed by atoms with E-state index in [4.69, 9.17) is 40.2 Å². The Labute approximate surface area is 259 Å². The highest BCUT2D eigenvalue weighted by molar-refractivity contribution is 6.35. The molecule has 1 saturated carbocycles. The van der Waals surface area contributed by atoms with Gasteiger partial charge in [0.1, 0.15) is 18.0 Å². The molecule has 1 aliphatic heterocycles. The average molecular weight is 618 g/mol. The van der Waals surface area contributed by atoms with Crippen molar-refractivity contribution in [3.8, 4) is 5.88 Å². The molecule has 2 aromatic carbocycles. The number of imidazole rings is 1. The molecule has 0 amide bonds. The van der Waals surface area contributed by atoms with Crippen LogP contribution in [0.4, 0.5) is 4.39 Å². The number of benzene rings is 2. The van der Waals surface area contributed by atoms with Crippen molar-refractivity contribution in [1.29, 1.82) is 0 Å². The van der Waals surface area contributed by atoms with Crippen molar-refractivity contribution in [1.82, 2.24) is 14.5 Å².